The van der Waals surface area contributed by atoms with Crippen LogP contribution in [0, 0.1) is 6.92 Å². The molecule has 0 bridgehead atoms. The second kappa shape index (κ2) is 11.4. The molecule has 1 fully saturated rings. The van der Waals surface area contributed by atoms with Crippen molar-refractivity contribution in [1.82, 2.24) is 9.21 Å². The summed E-state index contributed by atoms with van der Waals surface area (Å²) in [6.07, 6.45) is 2.98. The third-order valence-corrected chi connectivity index (χ3v) is 7.47. The monoisotopic (exact) mass is 459 g/mol. The number of hydrogen-bond acceptors (Lipinski definition) is 5. The van der Waals surface area contributed by atoms with Gasteiger partial charge < -0.3 is 15.0 Å². The molecule has 0 aromatic heterocycles. The summed E-state index contributed by atoms with van der Waals surface area (Å²) >= 11 is 0. The number of nitrogens with one attached hydrogen (secondary N) is 1. The molecule has 0 unspecified atom stereocenters. The fourth-order valence-electron chi connectivity index (χ4n) is 3.67. The number of rotatable bonds is 11. The minimum atomic E-state index is -3.50. The summed E-state index contributed by atoms with van der Waals surface area (Å²) in [5.41, 5.74) is 1.62. The van der Waals surface area contributed by atoms with Crippen molar-refractivity contribution in [2.45, 2.75) is 37.5 Å². The van der Waals surface area contributed by atoms with Crippen LogP contribution in [0.4, 0.5) is 5.69 Å². The molecule has 0 radical (unpaired) electrons. The summed E-state index contributed by atoms with van der Waals surface area (Å²) in [4.78, 5) is 14.7. The number of nitrogens with zero attached hydrogens (tertiary/aromatic N) is 2. The Morgan fingerprint density at radius 1 is 1.09 bits per heavy atom. The Bertz CT molecular complexity index is 1000. The maximum Gasteiger partial charge on any atom is 0.243 e. The van der Waals surface area contributed by atoms with E-state index in [1.807, 2.05) is 38.2 Å². The van der Waals surface area contributed by atoms with E-state index in [4.69, 9.17) is 4.74 Å². The first kappa shape index (κ1) is 24.2. The van der Waals surface area contributed by atoms with Crippen LogP contribution < -0.4 is 10.1 Å². The van der Waals surface area contributed by atoms with E-state index in [1.54, 1.807) is 18.2 Å². The first-order chi connectivity index (χ1) is 15.4. The highest BCUT2D eigenvalue weighted by atomic mass is 32.2. The van der Waals surface area contributed by atoms with Gasteiger partial charge in [0.2, 0.25) is 15.9 Å². The molecular formula is C24H33N3O4S. The van der Waals surface area contributed by atoms with Gasteiger partial charge in [-0.3, -0.25) is 4.79 Å². The maximum absolute atomic E-state index is 12.7. The summed E-state index contributed by atoms with van der Waals surface area (Å²) in [5.74, 6) is 0.771. The molecule has 8 heteroatoms. The normalized spacial score (nSPS) is 14.6. The van der Waals surface area contributed by atoms with Gasteiger partial charge >= 0.3 is 0 Å². The average Bonchev–Trinajstić information content (AvgIpc) is 3.32. The molecule has 1 aliphatic heterocycles. The van der Waals surface area contributed by atoms with Gasteiger partial charge in [-0.15, -0.1) is 0 Å². The van der Waals surface area contributed by atoms with Crippen molar-refractivity contribution < 1.29 is 17.9 Å². The van der Waals surface area contributed by atoms with E-state index in [0.29, 0.717) is 38.3 Å². The van der Waals surface area contributed by atoms with Crippen molar-refractivity contribution >= 4 is 21.6 Å². The van der Waals surface area contributed by atoms with Gasteiger partial charge in [0.1, 0.15) is 5.75 Å². The quantitative estimate of drug-likeness (QED) is 0.520. The molecule has 1 amide bonds. The second-order valence-corrected chi connectivity index (χ2v) is 10.1. The zero-order chi connectivity index (χ0) is 23.0. The molecule has 1 saturated heterocycles. The predicted molar refractivity (Wildman–Crippen MR) is 126 cm³/mol. The first-order valence-corrected chi connectivity index (χ1v) is 12.6. The van der Waals surface area contributed by atoms with Crippen molar-refractivity contribution in [2.24, 2.45) is 0 Å². The molecule has 1 N–H and O–H groups in total. The fraction of sp³-hybridized carbons (Fsp3) is 0.458. The predicted octanol–water partition coefficient (Wildman–Crippen LogP) is 3.51. The van der Waals surface area contributed by atoms with E-state index < -0.39 is 10.0 Å². The van der Waals surface area contributed by atoms with Crippen molar-refractivity contribution in [3.63, 3.8) is 0 Å². The summed E-state index contributed by atoms with van der Waals surface area (Å²) < 4.78 is 32.8. The number of benzene rings is 2. The molecule has 32 heavy (non-hydrogen) atoms. The SMILES string of the molecule is Cc1ccccc1OCCCN(C)CCC(=O)Nc1cccc(S(=O)(=O)N2CCCC2)c1. The van der Waals surface area contributed by atoms with Crippen LogP contribution in [0.1, 0.15) is 31.2 Å². The van der Waals surface area contributed by atoms with E-state index in [1.165, 1.54) is 10.4 Å². The van der Waals surface area contributed by atoms with E-state index in [9.17, 15) is 13.2 Å². The van der Waals surface area contributed by atoms with Gasteiger partial charge in [0.05, 0.1) is 11.5 Å². The number of aryl methyl sites for hydroxylation is 1. The van der Waals surface area contributed by atoms with Crippen molar-refractivity contribution in [2.75, 3.05) is 45.2 Å². The highest BCUT2D eigenvalue weighted by Gasteiger charge is 2.27. The van der Waals surface area contributed by atoms with Crippen LogP contribution in [0.25, 0.3) is 0 Å². The largest absolute Gasteiger partial charge is 0.493 e. The molecule has 0 atom stereocenters. The third-order valence-electron chi connectivity index (χ3n) is 5.58. The van der Waals surface area contributed by atoms with Crippen LogP contribution in [-0.4, -0.2) is 63.4 Å². The molecule has 2 aromatic carbocycles. The maximum atomic E-state index is 12.7. The van der Waals surface area contributed by atoms with Gasteiger partial charge in [0.25, 0.3) is 0 Å². The van der Waals surface area contributed by atoms with Gasteiger partial charge in [-0.25, -0.2) is 8.42 Å². The lowest BCUT2D eigenvalue weighted by atomic mass is 10.2. The third kappa shape index (κ3) is 6.79. The number of anilines is 1. The Kier molecular flexibility index (Phi) is 8.67. The van der Waals surface area contributed by atoms with Crippen LogP contribution in [0.2, 0.25) is 0 Å². The number of carbonyl (C=O) groups is 1. The van der Waals surface area contributed by atoms with E-state index in [0.717, 1.165) is 37.1 Å². The summed E-state index contributed by atoms with van der Waals surface area (Å²) in [6.45, 7) is 5.20. The van der Waals surface area contributed by atoms with Crippen molar-refractivity contribution in [3.05, 3.63) is 54.1 Å². The second-order valence-electron chi connectivity index (χ2n) is 8.21. The van der Waals surface area contributed by atoms with Gasteiger partial charge in [0, 0.05) is 38.3 Å². The molecule has 1 heterocycles. The van der Waals surface area contributed by atoms with E-state index in [2.05, 4.69) is 10.2 Å². The zero-order valence-electron chi connectivity index (χ0n) is 18.9. The number of sulfonamides is 1. The first-order valence-electron chi connectivity index (χ1n) is 11.1. The van der Waals surface area contributed by atoms with Gasteiger partial charge in [-0.05, 0) is 63.1 Å². The van der Waals surface area contributed by atoms with Crippen LogP contribution in [-0.2, 0) is 14.8 Å². The summed E-state index contributed by atoms with van der Waals surface area (Å²) in [5, 5.41) is 2.82. The van der Waals surface area contributed by atoms with Crippen molar-refractivity contribution in [1.29, 1.82) is 0 Å². The Morgan fingerprint density at radius 3 is 2.59 bits per heavy atom. The lowest BCUT2D eigenvalue weighted by Gasteiger charge is -2.17. The standard InChI is InChI=1S/C24H33N3O4S/c1-20-9-3-4-12-23(20)31-18-8-14-26(2)17-13-24(28)25-21-10-7-11-22(19-21)32(29,30)27-15-5-6-16-27/h3-4,7,9-12,19H,5-6,8,13-18H2,1-2H3,(H,25,28). The number of amides is 1. The Hall–Kier alpha value is -2.42. The van der Waals surface area contributed by atoms with Crippen LogP contribution in [0.15, 0.2) is 53.4 Å². The highest BCUT2D eigenvalue weighted by Crippen LogP contribution is 2.23. The lowest BCUT2D eigenvalue weighted by molar-refractivity contribution is -0.116. The minimum Gasteiger partial charge on any atom is -0.493 e. The zero-order valence-corrected chi connectivity index (χ0v) is 19.7. The van der Waals surface area contributed by atoms with Gasteiger partial charge in [0.15, 0.2) is 0 Å². The van der Waals surface area contributed by atoms with Crippen LogP contribution in [0.3, 0.4) is 0 Å². The van der Waals surface area contributed by atoms with Crippen LogP contribution in [0.5, 0.6) is 5.75 Å². The highest BCUT2D eigenvalue weighted by molar-refractivity contribution is 7.89. The van der Waals surface area contributed by atoms with Gasteiger partial charge in [-0.1, -0.05) is 24.3 Å². The molecule has 1 aliphatic rings. The summed E-state index contributed by atoms with van der Waals surface area (Å²) in [6, 6.07) is 14.4. The molecule has 2 aromatic rings. The Labute approximate surface area is 191 Å². The average molecular weight is 460 g/mol. The molecule has 7 nitrogen and oxygen atoms in total. The Balaban J connectivity index is 1.40. The minimum absolute atomic E-state index is 0.135. The smallest absolute Gasteiger partial charge is 0.243 e. The molecule has 0 aliphatic carbocycles. The van der Waals surface area contributed by atoms with E-state index in [-0.39, 0.29) is 10.8 Å². The number of ether oxygens (including phenoxy) is 1. The molecular weight excluding hydrogens is 426 g/mol. The molecule has 0 spiro atoms. The van der Waals surface area contributed by atoms with Gasteiger partial charge in [-0.2, -0.15) is 4.31 Å². The summed E-state index contributed by atoms with van der Waals surface area (Å²) in [7, 11) is -1.52. The number of para-hydroxylation sites is 1. The molecule has 174 valence electrons. The lowest BCUT2D eigenvalue weighted by Crippen LogP contribution is -2.28. The number of hydrogen-bond donors (Lipinski definition) is 1. The molecule has 3 rings (SSSR count). The van der Waals surface area contributed by atoms with E-state index >= 15 is 0 Å². The topological polar surface area (TPSA) is 79.0 Å². The Morgan fingerprint density at radius 2 is 1.84 bits per heavy atom. The fourth-order valence-corrected chi connectivity index (χ4v) is 5.24. The number of carbonyl (C=O) groups excluding carboxylic acids is 1. The van der Waals surface area contributed by atoms with Crippen LogP contribution >= 0.6 is 0 Å². The molecule has 0 saturated carbocycles. The van der Waals surface area contributed by atoms with Crippen molar-refractivity contribution in [3.8, 4) is 5.75 Å².